The zero-order valence-electron chi connectivity index (χ0n) is 19.1. The molecular weight excluding hydrogens is 376 g/mol. The van der Waals surface area contributed by atoms with Gasteiger partial charge >= 0.3 is 0 Å². The summed E-state index contributed by atoms with van der Waals surface area (Å²) in [4.78, 5) is 19.4. The quantitative estimate of drug-likeness (QED) is 0.648. The van der Waals surface area contributed by atoms with Gasteiger partial charge in [0.25, 0.3) is 0 Å². The zero-order valence-corrected chi connectivity index (χ0v) is 19.1. The second-order valence-electron chi connectivity index (χ2n) is 8.94. The molecule has 0 saturated carbocycles. The van der Waals surface area contributed by atoms with Gasteiger partial charge in [-0.05, 0) is 40.3 Å². The number of benzene rings is 1. The van der Waals surface area contributed by atoms with Gasteiger partial charge in [-0.25, -0.2) is 0 Å². The summed E-state index contributed by atoms with van der Waals surface area (Å²) in [7, 11) is 4.07. The first-order valence-corrected chi connectivity index (χ1v) is 11.1. The average molecular weight is 413 g/mol. The van der Waals surface area contributed by atoms with Gasteiger partial charge < -0.3 is 19.2 Å². The largest absolute Gasteiger partial charge is 0.338 e. The lowest BCUT2D eigenvalue weighted by molar-refractivity contribution is -0.135. The highest BCUT2D eigenvalue weighted by atomic mass is 16.5. The third-order valence-corrected chi connectivity index (χ3v) is 5.85. The second kappa shape index (κ2) is 10.1. The van der Waals surface area contributed by atoms with Crippen LogP contribution in [0.1, 0.15) is 45.6 Å². The molecule has 1 atom stereocenters. The number of carbonyl (C=O) groups is 1. The molecule has 164 valence electrons. The summed E-state index contributed by atoms with van der Waals surface area (Å²) >= 11 is 0. The Hall–Kier alpha value is -2.34. The fourth-order valence-corrected chi connectivity index (χ4v) is 4.04. The predicted molar refractivity (Wildman–Crippen MR) is 121 cm³/mol. The predicted octanol–water partition coefficient (Wildman–Crippen LogP) is 4.27. The van der Waals surface area contributed by atoms with Crippen LogP contribution in [0.3, 0.4) is 0 Å². The summed E-state index contributed by atoms with van der Waals surface area (Å²) in [6.07, 6.45) is 3.55. The molecule has 0 aliphatic carbocycles. The molecule has 1 saturated heterocycles. The third kappa shape index (κ3) is 5.22. The Bertz CT molecular complexity index is 816. The number of hydrogen-bond acceptors (Lipinski definition) is 5. The number of likely N-dealkylation sites (N-methyl/N-ethyl adjacent to an activating group) is 1. The lowest BCUT2D eigenvalue weighted by Crippen LogP contribution is -2.40. The van der Waals surface area contributed by atoms with Crippen molar-refractivity contribution in [2.24, 2.45) is 5.92 Å². The van der Waals surface area contributed by atoms with Crippen LogP contribution in [0.5, 0.6) is 0 Å². The van der Waals surface area contributed by atoms with Crippen LogP contribution < -0.4 is 4.90 Å². The van der Waals surface area contributed by atoms with Crippen LogP contribution in [0.4, 0.5) is 5.88 Å². The Labute approximate surface area is 180 Å². The highest BCUT2D eigenvalue weighted by Crippen LogP contribution is 2.35. The van der Waals surface area contributed by atoms with Crippen molar-refractivity contribution in [2.75, 3.05) is 38.6 Å². The second-order valence-corrected chi connectivity index (χ2v) is 8.94. The van der Waals surface area contributed by atoms with Crippen molar-refractivity contribution in [3.8, 4) is 11.3 Å². The van der Waals surface area contributed by atoms with Crippen molar-refractivity contribution in [1.29, 1.82) is 0 Å². The van der Waals surface area contributed by atoms with Gasteiger partial charge in [0.2, 0.25) is 11.8 Å². The molecule has 0 bridgehead atoms. The Balaban J connectivity index is 2.00. The fourth-order valence-electron chi connectivity index (χ4n) is 4.04. The molecule has 1 aromatic carbocycles. The van der Waals surface area contributed by atoms with Crippen molar-refractivity contribution < 1.29 is 9.32 Å². The van der Waals surface area contributed by atoms with E-state index in [0.29, 0.717) is 19.1 Å². The number of aromatic nitrogens is 1. The van der Waals surface area contributed by atoms with E-state index in [0.717, 1.165) is 48.6 Å². The van der Waals surface area contributed by atoms with Gasteiger partial charge in [-0.3, -0.25) is 4.79 Å². The first kappa shape index (κ1) is 22.3. The molecule has 1 aliphatic rings. The molecule has 0 N–H and O–H groups in total. The van der Waals surface area contributed by atoms with Crippen LogP contribution in [0.15, 0.2) is 34.9 Å². The number of hydrogen-bond donors (Lipinski definition) is 0. The van der Waals surface area contributed by atoms with Crippen LogP contribution >= 0.6 is 0 Å². The zero-order chi connectivity index (χ0) is 21.7. The van der Waals surface area contributed by atoms with E-state index in [-0.39, 0.29) is 11.8 Å². The minimum Gasteiger partial charge on any atom is -0.338 e. The average Bonchev–Trinajstić information content (AvgIpc) is 3.14. The van der Waals surface area contributed by atoms with Gasteiger partial charge in [0.1, 0.15) is 5.69 Å². The summed E-state index contributed by atoms with van der Waals surface area (Å²) in [5, 5.41) is 4.48. The molecular formula is C24H36N4O2. The van der Waals surface area contributed by atoms with E-state index in [1.54, 1.807) is 0 Å². The van der Waals surface area contributed by atoms with Crippen molar-refractivity contribution in [1.82, 2.24) is 15.0 Å². The molecule has 2 heterocycles. The molecule has 0 radical (unpaired) electrons. The summed E-state index contributed by atoms with van der Waals surface area (Å²) < 4.78 is 5.95. The minimum absolute atomic E-state index is 0.0513. The van der Waals surface area contributed by atoms with Crippen LogP contribution in [-0.2, 0) is 11.3 Å². The third-order valence-electron chi connectivity index (χ3n) is 5.85. The number of amides is 1. The lowest BCUT2D eigenvalue weighted by atomic mass is 10.0. The topological polar surface area (TPSA) is 52.8 Å². The van der Waals surface area contributed by atoms with E-state index in [1.807, 2.05) is 51.0 Å². The number of rotatable bonds is 8. The SMILES string of the molecule is CC(C)C(=O)N(CCN(C)C)Cc1c(-c2ccccc2)noc1N1CCCC[C@@H]1C. The molecule has 1 aliphatic heterocycles. The molecule has 1 aromatic heterocycles. The Kier molecular flexibility index (Phi) is 7.53. The molecule has 30 heavy (non-hydrogen) atoms. The summed E-state index contributed by atoms with van der Waals surface area (Å²) in [5.41, 5.74) is 2.88. The monoisotopic (exact) mass is 412 g/mol. The van der Waals surface area contributed by atoms with Crippen molar-refractivity contribution in [3.05, 3.63) is 35.9 Å². The van der Waals surface area contributed by atoms with E-state index < -0.39 is 0 Å². The maximum atomic E-state index is 13.0. The normalized spacial score (nSPS) is 17.0. The maximum absolute atomic E-state index is 13.0. The first-order valence-electron chi connectivity index (χ1n) is 11.1. The minimum atomic E-state index is -0.0513. The van der Waals surface area contributed by atoms with Crippen molar-refractivity contribution >= 4 is 11.8 Å². The Morgan fingerprint density at radius 1 is 1.20 bits per heavy atom. The van der Waals surface area contributed by atoms with Gasteiger partial charge in [0.15, 0.2) is 0 Å². The molecule has 2 aromatic rings. The molecule has 3 rings (SSSR count). The van der Waals surface area contributed by atoms with Gasteiger partial charge in [-0.1, -0.05) is 49.3 Å². The first-order chi connectivity index (χ1) is 14.4. The number of carbonyl (C=O) groups excluding carboxylic acids is 1. The van der Waals surface area contributed by atoms with E-state index in [1.165, 1.54) is 6.42 Å². The molecule has 6 heteroatoms. The van der Waals surface area contributed by atoms with Crippen LogP contribution in [-0.4, -0.2) is 60.6 Å². The van der Waals surface area contributed by atoms with E-state index >= 15 is 0 Å². The lowest BCUT2D eigenvalue weighted by Gasteiger charge is -2.34. The van der Waals surface area contributed by atoms with Crippen LogP contribution in [0.25, 0.3) is 11.3 Å². The Morgan fingerprint density at radius 3 is 2.57 bits per heavy atom. The smallest absolute Gasteiger partial charge is 0.233 e. The molecule has 1 amide bonds. The molecule has 1 fully saturated rings. The van der Waals surface area contributed by atoms with E-state index in [2.05, 4.69) is 34.0 Å². The van der Waals surface area contributed by atoms with Gasteiger partial charge in [0, 0.05) is 37.2 Å². The highest BCUT2D eigenvalue weighted by Gasteiger charge is 2.30. The number of piperidine rings is 1. The molecule has 6 nitrogen and oxygen atoms in total. The van der Waals surface area contributed by atoms with E-state index in [9.17, 15) is 4.79 Å². The van der Waals surface area contributed by atoms with Gasteiger partial charge in [-0.2, -0.15) is 0 Å². The Morgan fingerprint density at radius 2 is 1.93 bits per heavy atom. The van der Waals surface area contributed by atoms with Gasteiger partial charge in [-0.15, -0.1) is 0 Å². The standard InChI is InChI=1S/C24H36N4O2/c1-18(2)23(29)27(16-15-26(4)5)17-21-22(20-12-7-6-8-13-20)25-30-24(21)28-14-10-9-11-19(28)3/h6-8,12-13,18-19H,9-11,14-17H2,1-5H3/t19-/m0/s1. The maximum Gasteiger partial charge on any atom is 0.233 e. The fraction of sp³-hybridized carbons (Fsp3) is 0.583. The summed E-state index contributed by atoms with van der Waals surface area (Å²) in [5.74, 6) is 0.937. The summed E-state index contributed by atoms with van der Waals surface area (Å²) in [6.45, 7) is 9.15. The van der Waals surface area contributed by atoms with Crippen LogP contribution in [0, 0.1) is 5.92 Å². The van der Waals surface area contributed by atoms with Gasteiger partial charge in [0.05, 0.1) is 12.1 Å². The molecule has 0 spiro atoms. The number of nitrogens with zero attached hydrogens (tertiary/aromatic N) is 4. The van der Waals surface area contributed by atoms with Crippen molar-refractivity contribution in [3.63, 3.8) is 0 Å². The number of anilines is 1. The van der Waals surface area contributed by atoms with Crippen LogP contribution in [0.2, 0.25) is 0 Å². The van der Waals surface area contributed by atoms with Crippen molar-refractivity contribution in [2.45, 2.75) is 52.6 Å². The van der Waals surface area contributed by atoms with E-state index in [4.69, 9.17) is 4.52 Å². The summed E-state index contributed by atoms with van der Waals surface area (Å²) in [6, 6.07) is 10.5. The molecule has 0 unspecified atom stereocenters. The highest BCUT2D eigenvalue weighted by molar-refractivity contribution is 5.79.